The van der Waals surface area contributed by atoms with Gasteiger partial charge in [0, 0.05) is 5.69 Å². The van der Waals surface area contributed by atoms with Crippen molar-refractivity contribution >= 4 is 0 Å². The Balaban J connectivity index is 2.03. The second-order valence-electron chi connectivity index (χ2n) is 4.90. The molecule has 0 spiro atoms. The molecular formula is C16H13FN2O. The second kappa shape index (κ2) is 4.93. The fraction of sp³-hybridized carbons (Fsp3) is 0.250. The summed E-state index contributed by atoms with van der Waals surface area (Å²) in [6.45, 7) is 1.67. The number of pyridine rings is 1. The van der Waals surface area contributed by atoms with Gasteiger partial charge in [0.25, 0.3) is 0 Å². The van der Waals surface area contributed by atoms with Crippen molar-refractivity contribution in [2.24, 2.45) is 0 Å². The number of aromatic nitrogens is 1. The Morgan fingerprint density at radius 1 is 1.35 bits per heavy atom. The highest BCUT2D eigenvalue weighted by atomic mass is 19.1. The molecule has 3 rings (SSSR count). The van der Waals surface area contributed by atoms with E-state index in [1.54, 1.807) is 31.2 Å². The SMILES string of the molecule is Cc1cccc(Oc2nc3c(cc2C#N)CCC3)c1F. The molecule has 3 nitrogen and oxygen atoms in total. The third-order valence-corrected chi connectivity index (χ3v) is 3.50. The molecule has 4 heteroatoms. The molecule has 20 heavy (non-hydrogen) atoms. The predicted molar refractivity (Wildman–Crippen MR) is 72.2 cm³/mol. The summed E-state index contributed by atoms with van der Waals surface area (Å²) in [6, 6.07) is 8.80. The third kappa shape index (κ3) is 2.12. The molecule has 1 aliphatic rings. The Bertz CT molecular complexity index is 719. The van der Waals surface area contributed by atoms with Crippen LogP contribution in [-0.2, 0) is 12.8 Å². The first-order chi connectivity index (χ1) is 9.69. The van der Waals surface area contributed by atoms with Crippen LogP contribution in [0.1, 0.15) is 28.8 Å². The number of hydrogen-bond acceptors (Lipinski definition) is 3. The molecular weight excluding hydrogens is 255 g/mol. The van der Waals surface area contributed by atoms with E-state index in [1.165, 1.54) is 0 Å². The first-order valence-electron chi connectivity index (χ1n) is 6.55. The van der Waals surface area contributed by atoms with Crippen LogP contribution in [0.5, 0.6) is 11.6 Å². The van der Waals surface area contributed by atoms with Gasteiger partial charge < -0.3 is 4.74 Å². The number of aryl methyl sites for hydroxylation is 3. The van der Waals surface area contributed by atoms with E-state index >= 15 is 0 Å². The van der Waals surface area contributed by atoms with Crippen LogP contribution in [0.4, 0.5) is 4.39 Å². The molecule has 0 bridgehead atoms. The van der Waals surface area contributed by atoms with Crippen molar-refractivity contribution in [3.63, 3.8) is 0 Å². The highest BCUT2D eigenvalue weighted by Gasteiger charge is 2.18. The van der Waals surface area contributed by atoms with Gasteiger partial charge in [0.1, 0.15) is 11.6 Å². The molecule has 0 fully saturated rings. The number of benzene rings is 1. The van der Waals surface area contributed by atoms with Crippen molar-refractivity contribution in [1.82, 2.24) is 4.98 Å². The van der Waals surface area contributed by atoms with E-state index < -0.39 is 5.82 Å². The number of hydrogen-bond donors (Lipinski definition) is 0. The molecule has 1 aliphatic carbocycles. The van der Waals surface area contributed by atoms with Crippen LogP contribution in [0.3, 0.4) is 0 Å². The minimum Gasteiger partial charge on any atom is -0.435 e. The highest BCUT2D eigenvalue weighted by Crippen LogP contribution is 2.30. The molecule has 0 saturated heterocycles. The molecule has 0 amide bonds. The van der Waals surface area contributed by atoms with E-state index in [4.69, 9.17) is 4.74 Å². The third-order valence-electron chi connectivity index (χ3n) is 3.50. The molecule has 100 valence electrons. The molecule has 1 aromatic carbocycles. The minimum atomic E-state index is -0.418. The maximum absolute atomic E-state index is 14.0. The molecule has 0 N–H and O–H groups in total. The van der Waals surface area contributed by atoms with Gasteiger partial charge in [-0.2, -0.15) is 5.26 Å². The summed E-state index contributed by atoms with van der Waals surface area (Å²) >= 11 is 0. The fourth-order valence-corrected chi connectivity index (χ4v) is 2.41. The maximum Gasteiger partial charge on any atom is 0.237 e. The van der Waals surface area contributed by atoms with Gasteiger partial charge in [-0.25, -0.2) is 9.37 Å². The highest BCUT2D eigenvalue weighted by molar-refractivity contribution is 5.46. The van der Waals surface area contributed by atoms with Gasteiger partial charge in [-0.15, -0.1) is 0 Å². The van der Waals surface area contributed by atoms with Gasteiger partial charge in [-0.3, -0.25) is 0 Å². The summed E-state index contributed by atoms with van der Waals surface area (Å²) in [5.41, 5.74) is 2.90. The number of halogens is 1. The van der Waals surface area contributed by atoms with Crippen molar-refractivity contribution in [3.05, 3.63) is 52.5 Å². The van der Waals surface area contributed by atoms with Crippen LogP contribution in [0.15, 0.2) is 24.3 Å². The Kier molecular flexibility index (Phi) is 3.11. The number of nitriles is 1. The predicted octanol–water partition coefficient (Wildman–Crippen LogP) is 3.68. The lowest BCUT2D eigenvalue weighted by Crippen LogP contribution is -1.99. The smallest absolute Gasteiger partial charge is 0.237 e. The summed E-state index contributed by atoms with van der Waals surface area (Å²) in [4.78, 5) is 4.38. The Morgan fingerprint density at radius 3 is 3.00 bits per heavy atom. The number of rotatable bonds is 2. The zero-order valence-corrected chi connectivity index (χ0v) is 11.1. The van der Waals surface area contributed by atoms with E-state index in [0.717, 1.165) is 30.5 Å². The van der Waals surface area contributed by atoms with E-state index in [-0.39, 0.29) is 11.6 Å². The summed E-state index contributed by atoms with van der Waals surface area (Å²) < 4.78 is 19.5. The van der Waals surface area contributed by atoms with Crippen molar-refractivity contribution in [1.29, 1.82) is 5.26 Å². The van der Waals surface area contributed by atoms with Crippen molar-refractivity contribution in [2.45, 2.75) is 26.2 Å². The minimum absolute atomic E-state index is 0.104. The lowest BCUT2D eigenvalue weighted by Gasteiger charge is -2.10. The first-order valence-corrected chi connectivity index (χ1v) is 6.55. The average molecular weight is 268 g/mol. The number of ether oxygens (including phenoxy) is 1. The van der Waals surface area contributed by atoms with Crippen molar-refractivity contribution in [3.8, 4) is 17.7 Å². The van der Waals surface area contributed by atoms with Crippen LogP contribution in [0, 0.1) is 24.1 Å². The zero-order chi connectivity index (χ0) is 14.1. The molecule has 1 aromatic heterocycles. The summed E-state index contributed by atoms with van der Waals surface area (Å²) in [5, 5.41) is 9.19. The van der Waals surface area contributed by atoms with Crippen LogP contribution >= 0.6 is 0 Å². The quantitative estimate of drug-likeness (QED) is 0.834. The van der Waals surface area contributed by atoms with Gasteiger partial charge in [0.05, 0.1) is 0 Å². The molecule has 0 saturated carbocycles. The normalized spacial score (nSPS) is 12.8. The Hall–Kier alpha value is -2.41. The summed E-state index contributed by atoms with van der Waals surface area (Å²) in [7, 11) is 0. The molecule has 0 unspecified atom stereocenters. The van der Waals surface area contributed by atoms with Gasteiger partial charge in [0.15, 0.2) is 11.6 Å². The molecule has 0 aliphatic heterocycles. The lowest BCUT2D eigenvalue weighted by molar-refractivity contribution is 0.423. The van der Waals surface area contributed by atoms with E-state index in [0.29, 0.717) is 11.1 Å². The van der Waals surface area contributed by atoms with Crippen LogP contribution in [0.25, 0.3) is 0 Å². The Morgan fingerprint density at radius 2 is 2.20 bits per heavy atom. The summed E-state index contributed by atoms with van der Waals surface area (Å²) in [5.74, 6) is -0.122. The number of nitrogens with zero attached hydrogens (tertiary/aromatic N) is 2. The lowest BCUT2D eigenvalue weighted by atomic mass is 10.1. The number of fused-ring (bicyclic) bond motifs is 1. The van der Waals surface area contributed by atoms with E-state index in [1.807, 2.05) is 0 Å². The van der Waals surface area contributed by atoms with Gasteiger partial charge in [-0.05, 0) is 49.4 Å². The molecule has 2 aromatic rings. The first kappa shape index (κ1) is 12.6. The standard InChI is InChI=1S/C16H13FN2O/c1-10-4-2-7-14(15(10)17)20-16-12(9-18)8-11-5-3-6-13(11)19-16/h2,4,7-8H,3,5-6H2,1H3. The monoisotopic (exact) mass is 268 g/mol. The van der Waals surface area contributed by atoms with E-state index in [9.17, 15) is 9.65 Å². The van der Waals surface area contributed by atoms with Crippen LogP contribution in [0.2, 0.25) is 0 Å². The van der Waals surface area contributed by atoms with Gasteiger partial charge in [0.2, 0.25) is 5.88 Å². The maximum atomic E-state index is 14.0. The molecule has 0 atom stereocenters. The Labute approximate surface area is 116 Å². The average Bonchev–Trinajstić information content (AvgIpc) is 2.90. The van der Waals surface area contributed by atoms with Crippen molar-refractivity contribution in [2.75, 3.05) is 0 Å². The van der Waals surface area contributed by atoms with Crippen LogP contribution < -0.4 is 4.74 Å². The van der Waals surface area contributed by atoms with Crippen LogP contribution in [-0.4, -0.2) is 4.98 Å². The molecule has 0 radical (unpaired) electrons. The summed E-state index contributed by atoms with van der Waals surface area (Å²) in [6.07, 6.45) is 2.86. The second-order valence-corrected chi connectivity index (χ2v) is 4.90. The van der Waals surface area contributed by atoms with E-state index in [2.05, 4.69) is 11.1 Å². The van der Waals surface area contributed by atoms with Gasteiger partial charge >= 0.3 is 0 Å². The largest absolute Gasteiger partial charge is 0.435 e. The topological polar surface area (TPSA) is 45.9 Å². The van der Waals surface area contributed by atoms with Gasteiger partial charge in [-0.1, -0.05) is 12.1 Å². The zero-order valence-electron chi connectivity index (χ0n) is 11.1. The molecule has 1 heterocycles. The fourth-order valence-electron chi connectivity index (χ4n) is 2.41. The van der Waals surface area contributed by atoms with Crippen molar-refractivity contribution < 1.29 is 9.13 Å².